The highest BCUT2D eigenvalue weighted by Crippen LogP contribution is 2.07. The molecular weight excluding hydrogens is 459 g/mol. The normalized spacial score (nSPS) is 12.7. The van der Waals surface area contributed by atoms with Gasteiger partial charge in [0.05, 0.1) is 6.20 Å². The molecule has 1 heterocycles. The van der Waals surface area contributed by atoms with Crippen LogP contribution in [0.5, 0.6) is 0 Å². The Morgan fingerprint density at radius 2 is 2.07 bits per heavy atom. The molecule has 0 fully saturated rings. The Bertz CT molecular complexity index is 583. The largest absolute Gasteiger partial charge is 0.444 e. The molecule has 3 N–H and O–H groups in total. The number of carbonyl (C=O) groups excluding carboxylic acids is 1. The average Bonchev–Trinajstić information content (AvgIpc) is 2.97. The zero-order chi connectivity index (χ0) is 19.6. The summed E-state index contributed by atoms with van der Waals surface area (Å²) in [4.78, 5) is 16.2. The summed E-state index contributed by atoms with van der Waals surface area (Å²) in [5.74, 6) is 0.695. The molecule has 0 spiro atoms. The molecule has 0 aliphatic rings. The van der Waals surface area contributed by atoms with E-state index in [9.17, 15) is 4.79 Å². The fourth-order valence-corrected chi connectivity index (χ4v) is 2.33. The molecule has 1 amide bonds. The van der Waals surface area contributed by atoms with Crippen molar-refractivity contribution in [2.75, 3.05) is 13.6 Å². The van der Waals surface area contributed by atoms with E-state index in [1.165, 1.54) is 0 Å². The summed E-state index contributed by atoms with van der Waals surface area (Å²) in [6, 6.07) is 0.0718. The van der Waals surface area contributed by atoms with E-state index >= 15 is 0 Å². The molecule has 0 saturated carbocycles. The number of rotatable bonds is 8. The third kappa shape index (κ3) is 11.7. The number of aliphatic imine (C=N–C) groups is 1. The Labute approximate surface area is 179 Å². The lowest BCUT2D eigenvalue weighted by Gasteiger charge is -2.24. The van der Waals surface area contributed by atoms with Gasteiger partial charge < -0.3 is 20.7 Å². The topological polar surface area (TPSA) is 92.6 Å². The zero-order valence-corrected chi connectivity index (χ0v) is 19.7. The number of alkyl carbamates (subject to hydrolysis) is 1. The fraction of sp³-hybridized carbons (Fsp3) is 0.722. The number of amides is 1. The van der Waals surface area contributed by atoms with Gasteiger partial charge in [0.25, 0.3) is 0 Å². The number of nitrogens with one attached hydrogen (secondary N) is 3. The molecule has 0 aromatic carbocycles. The zero-order valence-electron chi connectivity index (χ0n) is 17.3. The van der Waals surface area contributed by atoms with Crippen LogP contribution < -0.4 is 16.0 Å². The molecule has 1 rings (SSSR count). The second kappa shape index (κ2) is 12.8. The average molecular weight is 494 g/mol. The number of nitrogens with zero attached hydrogens (tertiary/aromatic N) is 3. The number of hydrogen-bond donors (Lipinski definition) is 3. The van der Waals surface area contributed by atoms with E-state index in [2.05, 4.69) is 33.0 Å². The Morgan fingerprint density at radius 1 is 1.37 bits per heavy atom. The van der Waals surface area contributed by atoms with Crippen molar-refractivity contribution in [2.45, 2.75) is 65.1 Å². The number of unbranched alkanes of at least 4 members (excludes halogenated alkanes) is 1. The van der Waals surface area contributed by atoms with Crippen molar-refractivity contribution in [3.05, 3.63) is 18.0 Å². The van der Waals surface area contributed by atoms with E-state index in [0.29, 0.717) is 19.0 Å². The summed E-state index contributed by atoms with van der Waals surface area (Å²) in [6.45, 7) is 8.81. The summed E-state index contributed by atoms with van der Waals surface area (Å²) in [5.41, 5.74) is 0.574. The van der Waals surface area contributed by atoms with E-state index in [-0.39, 0.29) is 30.0 Å². The van der Waals surface area contributed by atoms with Gasteiger partial charge in [0.2, 0.25) is 0 Å². The first-order valence-corrected chi connectivity index (χ1v) is 9.15. The molecule has 0 radical (unpaired) electrons. The maximum absolute atomic E-state index is 11.9. The lowest BCUT2D eigenvalue weighted by atomic mass is 10.1. The first-order valence-electron chi connectivity index (χ1n) is 9.15. The summed E-state index contributed by atoms with van der Waals surface area (Å²) >= 11 is 0. The number of carbonyl (C=O) groups is 1. The number of ether oxygens (including phenoxy) is 1. The van der Waals surface area contributed by atoms with Crippen LogP contribution in [0, 0.1) is 0 Å². The van der Waals surface area contributed by atoms with Crippen molar-refractivity contribution in [1.82, 2.24) is 25.7 Å². The predicted molar refractivity (Wildman–Crippen MR) is 120 cm³/mol. The van der Waals surface area contributed by atoms with Gasteiger partial charge in [0.1, 0.15) is 5.60 Å². The molecule has 0 saturated heterocycles. The molecule has 1 aromatic rings. The minimum atomic E-state index is -0.502. The molecule has 0 aliphatic heterocycles. The molecule has 156 valence electrons. The third-order valence-electron chi connectivity index (χ3n) is 3.58. The highest BCUT2D eigenvalue weighted by Gasteiger charge is 2.18. The highest BCUT2D eigenvalue weighted by molar-refractivity contribution is 14.0. The first kappa shape index (κ1) is 25.5. The SMILES string of the molecule is CCCCC(CNC(=O)OC(C)(C)C)NC(=NC)NCc1cnn(C)c1.I. The molecule has 1 aromatic heterocycles. The highest BCUT2D eigenvalue weighted by atomic mass is 127. The molecular formula is C18H35IN6O2. The Kier molecular flexibility index (Phi) is 12.1. The molecule has 1 unspecified atom stereocenters. The third-order valence-corrected chi connectivity index (χ3v) is 3.58. The number of aromatic nitrogens is 2. The second-order valence-electron chi connectivity index (χ2n) is 7.31. The molecule has 0 bridgehead atoms. The number of aryl methyl sites for hydroxylation is 1. The van der Waals surface area contributed by atoms with Crippen LogP contribution in [0.15, 0.2) is 17.4 Å². The molecule has 9 heteroatoms. The lowest BCUT2D eigenvalue weighted by Crippen LogP contribution is -2.48. The molecule has 8 nitrogen and oxygen atoms in total. The Morgan fingerprint density at radius 3 is 2.59 bits per heavy atom. The van der Waals surface area contributed by atoms with E-state index in [0.717, 1.165) is 24.8 Å². The maximum atomic E-state index is 11.9. The first-order chi connectivity index (χ1) is 12.2. The van der Waals surface area contributed by atoms with Crippen LogP contribution in [-0.2, 0) is 18.3 Å². The Hall–Kier alpha value is -1.52. The van der Waals surface area contributed by atoms with E-state index in [1.54, 1.807) is 11.7 Å². The van der Waals surface area contributed by atoms with Gasteiger partial charge in [-0.2, -0.15) is 5.10 Å². The number of hydrogen-bond acceptors (Lipinski definition) is 4. The van der Waals surface area contributed by atoms with Crippen LogP contribution in [0.3, 0.4) is 0 Å². The van der Waals surface area contributed by atoms with Crippen LogP contribution in [0.2, 0.25) is 0 Å². The summed E-state index contributed by atoms with van der Waals surface area (Å²) in [5, 5.41) is 13.6. The van der Waals surface area contributed by atoms with Crippen molar-refractivity contribution in [2.24, 2.45) is 12.0 Å². The molecule has 27 heavy (non-hydrogen) atoms. The minimum Gasteiger partial charge on any atom is -0.444 e. The van der Waals surface area contributed by atoms with Crippen molar-refractivity contribution in [1.29, 1.82) is 0 Å². The van der Waals surface area contributed by atoms with E-state index in [1.807, 2.05) is 40.2 Å². The van der Waals surface area contributed by atoms with Gasteiger partial charge in [-0.05, 0) is 27.2 Å². The monoisotopic (exact) mass is 494 g/mol. The van der Waals surface area contributed by atoms with Gasteiger partial charge in [0, 0.05) is 45.0 Å². The summed E-state index contributed by atoms with van der Waals surface area (Å²) in [7, 11) is 3.62. The van der Waals surface area contributed by atoms with Crippen LogP contribution in [0.25, 0.3) is 0 Å². The maximum Gasteiger partial charge on any atom is 0.407 e. The van der Waals surface area contributed by atoms with Gasteiger partial charge in [-0.3, -0.25) is 9.67 Å². The number of halogens is 1. The van der Waals surface area contributed by atoms with Gasteiger partial charge in [-0.1, -0.05) is 19.8 Å². The van der Waals surface area contributed by atoms with Crippen molar-refractivity contribution in [3.8, 4) is 0 Å². The van der Waals surface area contributed by atoms with Crippen LogP contribution >= 0.6 is 24.0 Å². The van der Waals surface area contributed by atoms with Crippen molar-refractivity contribution in [3.63, 3.8) is 0 Å². The van der Waals surface area contributed by atoms with Crippen LogP contribution in [-0.4, -0.2) is 47.1 Å². The number of guanidine groups is 1. The minimum absolute atomic E-state index is 0. The van der Waals surface area contributed by atoms with Gasteiger partial charge in [-0.25, -0.2) is 4.79 Å². The molecule has 0 aliphatic carbocycles. The predicted octanol–water partition coefficient (Wildman–Crippen LogP) is 2.79. The van der Waals surface area contributed by atoms with Gasteiger partial charge in [-0.15, -0.1) is 24.0 Å². The molecule has 1 atom stereocenters. The van der Waals surface area contributed by atoms with Gasteiger partial charge in [0.15, 0.2) is 5.96 Å². The summed E-state index contributed by atoms with van der Waals surface area (Å²) < 4.78 is 7.06. The quantitative estimate of drug-likeness (QED) is 0.294. The second-order valence-corrected chi connectivity index (χ2v) is 7.31. The lowest BCUT2D eigenvalue weighted by molar-refractivity contribution is 0.0523. The smallest absolute Gasteiger partial charge is 0.407 e. The Balaban J connectivity index is 0.00000676. The fourth-order valence-electron chi connectivity index (χ4n) is 2.33. The van der Waals surface area contributed by atoms with Crippen molar-refractivity contribution >= 4 is 36.0 Å². The van der Waals surface area contributed by atoms with E-state index in [4.69, 9.17) is 4.74 Å². The standard InChI is InChI=1S/C18H34N6O2.HI/c1-7-8-9-15(12-21-17(25)26-18(2,3)4)23-16(19-5)20-10-14-11-22-24(6)13-14;/h11,13,15H,7-10,12H2,1-6H3,(H,21,25)(H2,19,20,23);1H. The van der Waals surface area contributed by atoms with Crippen molar-refractivity contribution < 1.29 is 9.53 Å². The summed E-state index contributed by atoms with van der Waals surface area (Å²) in [6.07, 6.45) is 6.45. The van der Waals surface area contributed by atoms with Crippen LogP contribution in [0.1, 0.15) is 52.5 Å². The van der Waals surface area contributed by atoms with E-state index < -0.39 is 11.7 Å². The van der Waals surface area contributed by atoms with Gasteiger partial charge >= 0.3 is 6.09 Å². The van der Waals surface area contributed by atoms with Crippen LogP contribution in [0.4, 0.5) is 4.79 Å².